The Labute approximate surface area is 107 Å². The summed E-state index contributed by atoms with van der Waals surface area (Å²) in [7, 11) is 0. The number of benzene rings is 2. The second-order valence-electron chi connectivity index (χ2n) is 3.88. The number of rotatable bonds is 1. The first kappa shape index (κ1) is 10.4. The Balaban J connectivity index is 2.32. The van der Waals surface area contributed by atoms with Crippen LogP contribution in [0.5, 0.6) is 5.75 Å². The van der Waals surface area contributed by atoms with Gasteiger partial charge in [0, 0.05) is 21.6 Å². The van der Waals surface area contributed by atoms with Crippen LogP contribution in [-0.4, -0.2) is 10.1 Å². The SMILES string of the molecule is Oc1c(-c2[nH]ccc2Br)ccc2ccccc12. The quantitative estimate of drug-likeness (QED) is 0.688. The van der Waals surface area contributed by atoms with Gasteiger partial charge in [-0.05, 0) is 33.4 Å². The van der Waals surface area contributed by atoms with Gasteiger partial charge in [-0.3, -0.25) is 0 Å². The van der Waals surface area contributed by atoms with Crippen LogP contribution >= 0.6 is 15.9 Å². The summed E-state index contributed by atoms with van der Waals surface area (Å²) in [4.78, 5) is 3.12. The first-order chi connectivity index (χ1) is 8.27. The normalized spacial score (nSPS) is 10.9. The molecule has 0 aliphatic rings. The third-order valence-electron chi connectivity index (χ3n) is 2.87. The molecular weight excluding hydrogens is 278 g/mol. The smallest absolute Gasteiger partial charge is 0.132 e. The van der Waals surface area contributed by atoms with Crippen LogP contribution < -0.4 is 0 Å². The van der Waals surface area contributed by atoms with Crippen LogP contribution in [0.15, 0.2) is 53.1 Å². The van der Waals surface area contributed by atoms with Crippen LogP contribution in [0, 0.1) is 0 Å². The van der Waals surface area contributed by atoms with Crippen molar-refractivity contribution in [1.29, 1.82) is 0 Å². The number of H-pyrrole nitrogens is 1. The van der Waals surface area contributed by atoms with Gasteiger partial charge in [0.15, 0.2) is 0 Å². The Hall–Kier alpha value is -1.74. The highest BCUT2D eigenvalue weighted by atomic mass is 79.9. The number of aromatic amines is 1. The van der Waals surface area contributed by atoms with Gasteiger partial charge >= 0.3 is 0 Å². The third-order valence-corrected chi connectivity index (χ3v) is 3.53. The highest BCUT2D eigenvalue weighted by Gasteiger charge is 2.11. The molecular formula is C14H10BrNO. The van der Waals surface area contributed by atoms with Crippen molar-refractivity contribution in [2.45, 2.75) is 0 Å². The topological polar surface area (TPSA) is 36.0 Å². The molecule has 0 atom stereocenters. The maximum Gasteiger partial charge on any atom is 0.132 e. The second-order valence-corrected chi connectivity index (χ2v) is 4.74. The van der Waals surface area contributed by atoms with E-state index in [9.17, 15) is 5.11 Å². The van der Waals surface area contributed by atoms with E-state index in [-0.39, 0.29) is 0 Å². The molecule has 0 aliphatic heterocycles. The summed E-state index contributed by atoms with van der Waals surface area (Å²) in [6, 6.07) is 13.7. The van der Waals surface area contributed by atoms with E-state index in [0.717, 1.165) is 26.5 Å². The third kappa shape index (κ3) is 1.63. The maximum absolute atomic E-state index is 10.3. The lowest BCUT2D eigenvalue weighted by molar-refractivity contribution is 0.483. The van der Waals surface area contributed by atoms with E-state index < -0.39 is 0 Å². The zero-order valence-corrected chi connectivity index (χ0v) is 10.5. The van der Waals surface area contributed by atoms with E-state index in [1.807, 2.05) is 48.7 Å². The fourth-order valence-corrected chi connectivity index (χ4v) is 2.47. The van der Waals surface area contributed by atoms with E-state index in [1.54, 1.807) is 0 Å². The van der Waals surface area contributed by atoms with E-state index in [4.69, 9.17) is 0 Å². The predicted octanol–water partition coefficient (Wildman–Crippen LogP) is 4.30. The molecule has 0 unspecified atom stereocenters. The summed E-state index contributed by atoms with van der Waals surface area (Å²) in [5, 5.41) is 12.2. The number of aromatic hydroxyl groups is 1. The summed E-state index contributed by atoms with van der Waals surface area (Å²) in [5.74, 6) is 0.311. The number of aromatic nitrogens is 1. The zero-order valence-electron chi connectivity index (χ0n) is 8.94. The minimum absolute atomic E-state index is 0.311. The highest BCUT2D eigenvalue weighted by molar-refractivity contribution is 9.10. The molecule has 2 N–H and O–H groups in total. The van der Waals surface area contributed by atoms with E-state index in [0.29, 0.717) is 5.75 Å². The molecule has 1 heterocycles. The number of phenolic OH excluding ortho intramolecular Hbond substituents is 1. The fraction of sp³-hybridized carbons (Fsp3) is 0. The molecule has 0 saturated heterocycles. The zero-order chi connectivity index (χ0) is 11.8. The molecule has 2 nitrogen and oxygen atoms in total. The van der Waals surface area contributed by atoms with Crippen LogP contribution in [0.25, 0.3) is 22.0 Å². The number of nitrogens with one attached hydrogen (secondary N) is 1. The van der Waals surface area contributed by atoms with Crippen molar-refractivity contribution >= 4 is 26.7 Å². The standard InChI is InChI=1S/C14H10BrNO/c15-12-7-8-16-13(12)11-6-5-9-3-1-2-4-10(9)14(11)17/h1-8,16-17H. The number of halogens is 1. The molecule has 3 heteroatoms. The van der Waals surface area contributed by atoms with Gasteiger partial charge in [0.1, 0.15) is 5.75 Å². The van der Waals surface area contributed by atoms with Crippen molar-refractivity contribution in [1.82, 2.24) is 4.98 Å². The van der Waals surface area contributed by atoms with Crippen LogP contribution in [0.1, 0.15) is 0 Å². The Morgan fingerprint density at radius 2 is 1.82 bits per heavy atom. The maximum atomic E-state index is 10.3. The van der Waals surface area contributed by atoms with Crippen molar-refractivity contribution in [2.24, 2.45) is 0 Å². The molecule has 1 aromatic heterocycles. The van der Waals surface area contributed by atoms with Gasteiger partial charge in [-0.2, -0.15) is 0 Å². The second kappa shape index (κ2) is 3.93. The molecule has 84 valence electrons. The lowest BCUT2D eigenvalue weighted by Gasteiger charge is -2.07. The molecule has 0 spiro atoms. The Morgan fingerprint density at radius 3 is 2.59 bits per heavy atom. The molecule has 3 aromatic rings. The molecule has 3 rings (SSSR count). The fourth-order valence-electron chi connectivity index (χ4n) is 2.01. The molecule has 0 aliphatic carbocycles. The molecule has 17 heavy (non-hydrogen) atoms. The molecule has 0 amide bonds. The van der Waals surface area contributed by atoms with Gasteiger partial charge in [-0.25, -0.2) is 0 Å². The lowest BCUT2D eigenvalue weighted by Crippen LogP contribution is -1.82. The molecule has 0 bridgehead atoms. The van der Waals surface area contributed by atoms with Crippen molar-refractivity contribution < 1.29 is 5.11 Å². The number of phenols is 1. The van der Waals surface area contributed by atoms with E-state index in [2.05, 4.69) is 20.9 Å². The minimum atomic E-state index is 0.311. The summed E-state index contributed by atoms with van der Waals surface area (Å²) < 4.78 is 0.947. The number of hydrogen-bond donors (Lipinski definition) is 2. The van der Waals surface area contributed by atoms with Crippen LogP contribution in [-0.2, 0) is 0 Å². The number of hydrogen-bond acceptors (Lipinski definition) is 1. The van der Waals surface area contributed by atoms with Crippen molar-refractivity contribution in [3.05, 3.63) is 53.1 Å². The summed E-state index contributed by atoms with van der Waals surface area (Å²) >= 11 is 3.46. The first-order valence-electron chi connectivity index (χ1n) is 5.31. The summed E-state index contributed by atoms with van der Waals surface area (Å²) in [6.07, 6.45) is 1.84. The van der Waals surface area contributed by atoms with Gasteiger partial charge in [0.2, 0.25) is 0 Å². The van der Waals surface area contributed by atoms with E-state index >= 15 is 0 Å². The predicted molar refractivity (Wildman–Crippen MR) is 73.1 cm³/mol. The number of fused-ring (bicyclic) bond motifs is 1. The molecule has 0 saturated carbocycles. The highest BCUT2D eigenvalue weighted by Crippen LogP contribution is 2.37. The average molecular weight is 288 g/mol. The van der Waals surface area contributed by atoms with Gasteiger partial charge in [-0.15, -0.1) is 0 Å². The van der Waals surface area contributed by atoms with Crippen molar-refractivity contribution in [3.63, 3.8) is 0 Å². The van der Waals surface area contributed by atoms with Gasteiger partial charge < -0.3 is 10.1 Å². The Kier molecular flexibility index (Phi) is 2.41. The van der Waals surface area contributed by atoms with Gasteiger partial charge in [-0.1, -0.05) is 30.3 Å². The first-order valence-corrected chi connectivity index (χ1v) is 6.10. The average Bonchev–Trinajstić information content (AvgIpc) is 2.76. The summed E-state index contributed by atoms with van der Waals surface area (Å²) in [5.41, 5.74) is 1.70. The van der Waals surface area contributed by atoms with Gasteiger partial charge in [0.25, 0.3) is 0 Å². The van der Waals surface area contributed by atoms with Gasteiger partial charge in [0.05, 0.1) is 5.69 Å². The van der Waals surface area contributed by atoms with Crippen molar-refractivity contribution in [2.75, 3.05) is 0 Å². The monoisotopic (exact) mass is 287 g/mol. The molecule has 2 aromatic carbocycles. The molecule has 0 fully saturated rings. The lowest BCUT2D eigenvalue weighted by atomic mass is 10.0. The molecule has 0 radical (unpaired) electrons. The summed E-state index contributed by atoms with van der Waals surface area (Å²) in [6.45, 7) is 0. The Morgan fingerprint density at radius 1 is 1.00 bits per heavy atom. The van der Waals surface area contributed by atoms with E-state index in [1.165, 1.54) is 0 Å². The van der Waals surface area contributed by atoms with Crippen LogP contribution in [0.3, 0.4) is 0 Å². The van der Waals surface area contributed by atoms with Crippen LogP contribution in [0.4, 0.5) is 0 Å². The minimum Gasteiger partial charge on any atom is -0.507 e. The largest absolute Gasteiger partial charge is 0.507 e. The van der Waals surface area contributed by atoms with Crippen LogP contribution in [0.2, 0.25) is 0 Å². The Bertz CT molecular complexity index is 688. The van der Waals surface area contributed by atoms with Crippen molar-refractivity contribution in [3.8, 4) is 17.0 Å².